The van der Waals surface area contributed by atoms with E-state index in [4.69, 9.17) is 0 Å². The summed E-state index contributed by atoms with van der Waals surface area (Å²) in [7, 11) is 3.19. The summed E-state index contributed by atoms with van der Waals surface area (Å²) in [5, 5.41) is 11.1. The van der Waals surface area contributed by atoms with Crippen molar-refractivity contribution < 1.29 is 9.72 Å². The van der Waals surface area contributed by atoms with Gasteiger partial charge in [-0.3, -0.25) is 14.9 Å². The van der Waals surface area contributed by atoms with Crippen LogP contribution in [0.5, 0.6) is 0 Å². The maximum absolute atomic E-state index is 11.8. The molecule has 2 rings (SSSR count). The largest absolute Gasteiger partial charge is 0.345 e. The Kier molecular flexibility index (Phi) is 3.28. The molecule has 0 saturated carbocycles. The average Bonchev–Trinajstić information content (AvgIpc) is 2.90. The van der Waals surface area contributed by atoms with Crippen LogP contribution in [0.15, 0.2) is 36.9 Å². The van der Waals surface area contributed by atoms with Crippen LogP contribution in [0.1, 0.15) is 10.4 Å². The second kappa shape index (κ2) is 4.89. The molecule has 0 aliphatic rings. The predicted molar refractivity (Wildman–Crippen MR) is 68.2 cm³/mol. The van der Waals surface area contributed by atoms with Gasteiger partial charge in [0.2, 0.25) is 0 Å². The maximum atomic E-state index is 11.8. The summed E-state index contributed by atoms with van der Waals surface area (Å²) >= 11 is 0. The summed E-state index contributed by atoms with van der Waals surface area (Å²) in [6.45, 7) is 0. The van der Waals surface area contributed by atoms with Gasteiger partial charge in [-0.15, -0.1) is 0 Å². The van der Waals surface area contributed by atoms with E-state index < -0.39 is 4.92 Å². The summed E-state index contributed by atoms with van der Waals surface area (Å²) in [5.74, 6) is -0.278. The molecule has 0 fully saturated rings. The van der Waals surface area contributed by atoms with Gasteiger partial charge in [-0.1, -0.05) is 0 Å². The zero-order valence-corrected chi connectivity index (χ0v) is 10.5. The Hall–Kier alpha value is -2.70. The Bertz CT molecular complexity index is 620. The van der Waals surface area contributed by atoms with E-state index in [9.17, 15) is 14.9 Å². The first kappa shape index (κ1) is 12.7. The number of rotatable bonds is 3. The molecule has 0 radical (unpaired) electrons. The topological polar surface area (TPSA) is 81.3 Å². The summed E-state index contributed by atoms with van der Waals surface area (Å²) in [4.78, 5) is 27.6. The van der Waals surface area contributed by atoms with E-state index in [1.54, 1.807) is 26.4 Å². The lowest BCUT2D eigenvalue weighted by Gasteiger charge is -2.11. The number of nitro groups is 1. The van der Waals surface area contributed by atoms with Crippen LogP contribution in [-0.4, -0.2) is 39.4 Å². The van der Waals surface area contributed by atoms with Crippen molar-refractivity contribution in [3.8, 4) is 5.69 Å². The van der Waals surface area contributed by atoms with Crippen LogP contribution in [0.3, 0.4) is 0 Å². The monoisotopic (exact) mass is 260 g/mol. The Labute approximate surface area is 109 Å². The molecular weight excluding hydrogens is 248 g/mol. The van der Waals surface area contributed by atoms with Crippen LogP contribution in [-0.2, 0) is 0 Å². The molecule has 2 aromatic rings. The van der Waals surface area contributed by atoms with E-state index in [2.05, 4.69) is 4.98 Å². The van der Waals surface area contributed by atoms with E-state index >= 15 is 0 Å². The predicted octanol–water partition coefficient (Wildman–Crippen LogP) is 1.48. The van der Waals surface area contributed by atoms with Crippen LogP contribution in [0, 0.1) is 10.1 Å². The molecule has 0 aliphatic heterocycles. The number of carbonyl (C=O) groups excluding carboxylic acids is 1. The quantitative estimate of drug-likeness (QED) is 0.618. The molecule has 0 spiro atoms. The molecule has 0 atom stereocenters. The Morgan fingerprint density at radius 1 is 1.42 bits per heavy atom. The molecule has 0 bridgehead atoms. The van der Waals surface area contributed by atoms with Gasteiger partial charge in [0, 0.05) is 38.1 Å². The maximum Gasteiger partial charge on any atom is 0.294 e. The fourth-order valence-electron chi connectivity index (χ4n) is 1.68. The lowest BCUT2D eigenvalue weighted by atomic mass is 10.1. The van der Waals surface area contributed by atoms with Crippen LogP contribution in [0.25, 0.3) is 5.69 Å². The Balaban J connectivity index is 2.54. The molecule has 0 saturated heterocycles. The van der Waals surface area contributed by atoms with Gasteiger partial charge < -0.3 is 9.47 Å². The highest BCUT2D eigenvalue weighted by Crippen LogP contribution is 2.24. The summed E-state index contributed by atoms with van der Waals surface area (Å²) < 4.78 is 1.53. The normalized spacial score (nSPS) is 10.2. The van der Waals surface area contributed by atoms with E-state index in [0.717, 1.165) is 0 Å². The second-order valence-corrected chi connectivity index (χ2v) is 4.13. The fraction of sp³-hybridized carbons (Fsp3) is 0.167. The van der Waals surface area contributed by atoms with Crippen molar-refractivity contribution in [1.82, 2.24) is 14.5 Å². The summed E-state index contributed by atoms with van der Waals surface area (Å²) in [5.41, 5.74) is 0.518. The van der Waals surface area contributed by atoms with Gasteiger partial charge in [-0.2, -0.15) is 0 Å². The molecule has 19 heavy (non-hydrogen) atoms. The third kappa shape index (κ3) is 2.44. The van der Waals surface area contributed by atoms with Crippen LogP contribution >= 0.6 is 0 Å². The Morgan fingerprint density at radius 3 is 2.68 bits per heavy atom. The van der Waals surface area contributed by atoms with Crippen molar-refractivity contribution in [2.24, 2.45) is 0 Å². The number of imidazole rings is 1. The fourth-order valence-corrected chi connectivity index (χ4v) is 1.68. The first-order valence-electron chi connectivity index (χ1n) is 5.49. The third-order valence-electron chi connectivity index (χ3n) is 2.61. The molecular formula is C12H12N4O3. The number of nitrogens with zero attached hydrogens (tertiary/aromatic N) is 4. The van der Waals surface area contributed by atoms with Gasteiger partial charge in [0.05, 0.1) is 11.3 Å². The number of amides is 1. The average molecular weight is 260 g/mol. The molecule has 98 valence electrons. The molecule has 0 aliphatic carbocycles. The van der Waals surface area contributed by atoms with Gasteiger partial charge in [-0.25, -0.2) is 4.98 Å². The minimum absolute atomic E-state index is 0.134. The lowest BCUT2D eigenvalue weighted by Crippen LogP contribution is -2.21. The standard InChI is InChI=1S/C12H12N4O3/c1-14(2)12(17)9-3-4-10(11(7-9)16(18)19)15-6-5-13-8-15/h3-8H,1-2H3. The highest BCUT2D eigenvalue weighted by atomic mass is 16.6. The Morgan fingerprint density at radius 2 is 2.16 bits per heavy atom. The smallest absolute Gasteiger partial charge is 0.294 e. The van der Waals surface area contributed by atoms with Crippen molar-refractivity contribution in [3.63, 3.8) is 0 Å². The second-order valence-electron chi connectivity index (χ2n) is 4.13. The molecule has 0 N–H and O–H groups in total. The first-order valence-corrected chi connectivity index (χ1v) is 5.49. The number of hydrogen-bond acceptors (Lipinski definition) is 4. The van der Waals surface area contributed by atoms with Gasteiger partial charge >= 0.3 is 0 Å². The van der Waals surface area contributed by atoms with Crippen molar-refractivity contribution in [3.05, 3.63) is 52.6 Å². The lowest BCUT2D eigenvalue weighted by molar-refractivity contribution is -0.384. The van der Waals surface area contributed by atoms with E-state index in [0.29, 0.717) is 5.69 Å². The SMILES string of the molecule is CN(C)C(=O)c1ccc(-n2ccnc2)c([N+](=O)[O-])c1. The van der Waals surface area contributed by atoms with Gasteiger partial charge in [0.25, 0.3) is 11.6 Å². The van der Waals surface area contributed by atoms with Crippen molar-refractivity contribution in [2.45, 2.75) is 0 Å². The number of carbonyl (C=O) groups is 1. The number of benzene rings is 1. The minimum Gasteiger partial charge on any atom is -0.345 e. The molecule has 7 nitrogen and oxygen atoms in total. The molecule has 1 aromatic heterocycles. The highest BCUT2D eigenvalue weighted by Gasteiger charge is 2.19. The summed E-state index contributed by atoms with van der Waals surface area (Å²) in [6, 6.07) is 4.37. The number of nitro benzene ring substituents is 1. The van der Waals surface area contributed by atoms with Crippen LogP contribution in [0.2, 0.25) is 0 Å². The van der Waals surface area contributed by atoms with Crippen LogP contribution in [0.4, 0.5) is 5.69 Å². The van der Waals surface area contributed by atoms with E-state index in [-0.39, 0.29) is 17.2 Å². The number of aromatic nitrogens is 2. The third-order valence-corrected chi connectivity index (χ3v) is 2.61. The molecule has 1 amide bonds. The summed E-state index contributed by atoms with van der Waals surface area (Å²) in [6.07, 6.45) is 4.61. The molecule has 1 heterocycles. The van der Waals surface area contributed by atoms with Crippen molar-refractivity contribution in [1.29, 1.82) is 0 Å². The van der Waals surface area contributed by atoms with Crippen molar-refractivity contribution in [2.75, 3.05) is 14.1 Å². The van der Waals surface area contributed by atoms with Gasteiger partial charge in [0.1, 0.15) is 5.69 Å². The molecule has 1 aromatic carbocycles. The van der Waals surface area contributed by atoms with Gasteiger partial charge in [0.15, 0.2) is 0 Å². The molecule has 0 unspecified atom stereocenters. The highest BCUT2D eigenvalue weighted by molar-refractivity contribution is 5.95. The van der Waals surface area contributed by atoms with Crippen LogP contribution < -0.4 is 0 Å². The zero-order valence-electron chi connectivity index (χ0n) is 10.5. The zero-order chi connectivity index (χ0) is 14.0. The first-order chi connectivity index (χ1) is 9.00. The number of hydrogen-bond donors (Lipinski definition) is 0. The van der Waals surface area contributed by atoms with E-state index in [1.807, 2.05) is 0 Å². The van der Waals surface area contributed by atoms with Crippen molar-refractivity contribution >= 4 is 11.6 Å². The minimum atomic E-state index is -0.512. The van der Waals surface area contributed by atoms with Gasteiger partial charge in [-0.05, 0) is 12.1 Å². The molecule has 7 heteroatoms. The van der Waals surface area contributed by atoms with E-state index in [1.165, 1.54) is 34.1 Å².